The van der Waals surface area contributed by atoms with Crippen LogP contribution in [0.3, 0.4) is 0 Å². The number of rotatable bonds is 3. The van der Waals surface area contributed by atoms with Crippen LogP contribution in [0.15, 0.2) is 188 Å². The van der Waals surface area contributed by atoms with Crippen molar-refractivity contribution < 1.29 is 0 Å². The molecule has 2 heteroatoms. The number of allylic oxidation sites excluding steroid dienone is 4. The summed E-state index contributed by atoms with van der Waals surface area (Å²) in [5.41, 5.74) is 20.1. The van der Waals surface area contributed by atoms with Gasteiger partial charge in [0.2, 0.25) is 0 Å². The normalized spacial score (nSPS) is 14.0. The van der Waals surface area contributed by atoms with E-state index in [1.165, 1.54) is 84.1 Å². The zero-order chi connectivity index (χ0) is 33.0. The number of anilines is 5. The first kappa shape index (κ1) is 28.6. The van der Waals surface area contributed by atoms with Crippen LogP contribution in [0.1, 0.15) is 18.4 Å². The summed E-state index contributed by atoms with van der Waals surface area (Å²) >= 11 is 0. The molecule has 2 heterocycles. The minimum absolute atomic E-state index is 0.956. The zero-order valence-corrected chi connectivity index (χ0v) is 27.6. The Kier molecular flexibility index (Phi) is 6.67. The van der Waals surface area contributed by atoms with Crippen LogP contribution in [0, 0.1) is 0 Å². The van der Waals surface area contributed by atoms with Crippen LogP contribution in [-0.2, 0) is 0 Å². The van der Waals surface area contributed by atoms with E-state index >= 15 is 0 Å². The van der Waals surface area contributed by atoms with Gasteiger partial charge in [0, 0.05) is 33.6 Å². The lowest BCUT2D eigenvalue weighted by atomic mass is 9.94. The highest BCUT2D eigenvalue weighted by molar-refractivity contribution is 6.03. The minimum atomic E-state index is 0.956. The average molecular weight is 639 g/mol. The molecule has 0 saturated carbocycles. The van der Waals surface area contributed by atoms with Crippen LogP contribution < -0.4 is 9.80 Å². The summed E-state index contributed by atoms with van der Waals surface area (Å²) in [4.78, 5) is 4.92. The van der Waals surface area contributed by atoms with Gasteiger partial charge in [0.15, 0.2) is 0 Å². The first-order valence-electron chi connectivity index (χ1n) is 17.5. The van der Waals surface area contributed by atoms with Gasteiger partial charge in [0.25, 0.3) is 0 Å². The summed E-state index contributed by atoms with van der Waals surface area (Å²) in [5, 5.41) is 0. The number of hydrogen-bond donors (Lipinski definition) is 0. The molecule has 0 radical (unpaired) electrons. The van der Waals surface area contributed by atoms with Gasteiger partial charge >= 0.3 is 0 Å². The molecule has 10 rings (SSSR count). The van der Waals surface area contributed by atoms with E-state index in [0.717, 1.165) is 18.5 Å². The van der Waals surface area contributed by atoms with E-state index in [2.05, 4.69) is 192 Å². The lowest BCUT2D eigenvalue weighted by Gasteiger charge is -2.31. The molecular weight excluding hydrogens is 605 g/mol. The Morgan fingerprint density at radius 1 is 0.300 bits per heavy atom. The van der Waals surface area contributed by atoms with Crippen molar-refractivity contribution in [3.8, 4) is 44.5 Å². The molecule has 0 fully saturated rings. The summed E-state index contributed by atoms with van der Waals surface area (Å²) in [7, 11) is 0. The number of nitrogens with zero attached hydrogens (tertiary/aromatic N) is 2. The molecule has 0 bridgehead atoms. The predicted molar refractivity (Wildman–Crippen MR) is 210 cm³/mol. The van der Waals surface area contributed by atoms with E-state index < -0.39 is 0 Å². The molecule has 0 atom stereocenters. The van der Waals surface area contributed by atoms with Gasteiger partial charge in [-0.1, -0.05) is 140 Å². The topological polar surface area (TPSA) is 6.48 Å². The van der Waals surface area contributed by atoms with Crippen LogP contribution in [0.5, 0.6) is 0 Å². The Hall–Kier alpha value is -6.38. The van der Waals surface area contributed by atoms with Crippen molar-refractivity contribution in [2.45, 2.75) is 12.8 Å². The van der Waals surface area contributed by atoms with E-state index in [-0.39, 0.29) is 0 Å². The summed E-state index contributed by atoms with van der Waals surface area (Å²) < 4.78 is 0. The number of hydrogen-bond acceptors (Lipinski definition) is 2. The summed E-state index contributed by atoms with van der Waals surface area (Å²) in [6.45, 7) is 0. The largest absolute Gasteiger partial charge is 0.313 e. The molecule has 2 nitrogen and oxygen atoms in total. The highest BCUT2D eigenvalue weighted by Gasteiger charge is 2.28. The molecule has 0 spiro atoms. The van der Waals surface area contributed by atoms with Crippen molar-refractivity contribution in [2.75, 3.05) is 9.80 Å². The van der Waals surface area contributed by atoms with Gasteiger partial charge in [-0.3, -0.25) is 0 Å². The second-order valence-electron chi connectivity index (χ2n) is 13.2. The zero-order valence-electron chi connectivity index (χ0n) is 27.6. The molecule has 0 amide bonds. The smallest absolute Gasteiger partial charge is 0.0540 e. The number of para-hydroxylation sites is 4. The third-order valence-electron chi connectivity index (χ3n) is 10.5. The van der Waals surface area contributed by atoms with Gasteiger partial charge in [-0.05, 0) is 88.7 Å². The molecular formula is C48H34N2. The molecule has 1 aliphatic carbocycles. The average Bonchev–Trinajstić information content (AvgIpc) is 3.40. The Morgan fingerprint density at radius 3 is 1.04 bits per heavy atom. The van der Waals surface area contributed by atoms with Gasteiger partial charge in [-0.25, -0.2) is 0 Å². The second-order valence-corrected chi connectivity index (χ2v) is 13.2. The maximum atomic E-state index is 2.49. The second kappa shape index (κ2) is 11.6. The lowest BCUT2D eigenvalue weighted by molar-refractivity contribution is 0.931. The van der Waals surface area contributed by atoms with E-state index in [4.69, 9.17) is 0 Å². The molecule has 50 heavy (non-hydrogen) atoms. The van der Waals surface area contributed by atoms with Crippen LogP contribution >= 0.6 is 0 Å². The minimum Gasteiger partial charge on any atom is -0.313 e. The fraction of sp³-hybridized carbons (Fsp3) is 0.0417. The summed E-state index contributed by atoms with van der Waals surface area (Å²) in [5.74, 6) is 0. The third-order valence-corrected chi connectivity index (χ3v) is 10.5. The van der Waals surface area contributed by atoms with Crippen LogP contribution in [-0.4, -0.2) is 0 Å². The Balaban J connectivity index is 1.03. The van der Waals surface area contributed by atoms with Gasteiger partial charge in [-0.15, -0.1) is 0 Å². The summed E-state index contributed by atoms with van der Waals surface area (Å²) in [6, 6.07) is 62.0. The van der Waals surface area contributed by atoms with Crippen molar-refractivity contribution in [2.24, 2.45) is 0 Å². The molecule has 236 valence electrons. The van der Waals surface area contributed by atoms with Crippen LogP contribution in [0.25, 0.3) is 50.1 Å². The number of benzene rings is 7. The molecule has 0 aromatic heterocycles. The molecule has 0 saturated heterocycles. The van der Waals surface area contributed by atoms with Crippen molar-refractivity contribution in [1.82, 2.24) is 0 Å². The molecule has 0 unspecified atom stereocenters. The van der Waals surface area contributed by atoms with Crippen molar-refractivity contribution >= 4 is 34.0 Å². The van der Waals surface area contributed by atoms with E-state index in [0.29, 0.717) is 0 Å². The first-order valence-corrected chi connectivity index (χ1v) is 17.5. The predicted octanol–water partition coefficient (Wildman–Crippen LogP) is 13.4. The van der Waals surface area contributed by atoms with Crippen molar-refractivity contribution in [3.63, 3.8) is 0 Å². The van der Waals surface area contributed by atoms with E-state index in [9.17, 15) is 0 Å². The Labute approximate surface area is 293 Å². The van der Waals surface area contributed by atoms with Gasteiger partial charge in [-0.2, -0.15) is 0 Å². The lowest BCUT2D eigenvalue weighted by Crippen LogP contribution is -2.18. The molecule has 3 aliphatic rings. The third kappa shape index (κ3) is 4.49. The maximum absolute atomic E-state index is 2.49. The fourth-order valence-electron chi connectivity index (χ4n) is 8.22. The first-order chi connectivity index (χ1) is 24.8. The van der Waals surface area contributed by atoms with E-state index in [1.807, 2.05) is 0 Å². The fourth-order valence-corrected chi connectivity index (χ4v) is 8.22. The molecule has 7 aromatic rings. The molecule has 2 aliphatic heterocycles. The number of fused-ring (bicyclic) bond motifs is 10. The van der Waals surface area contributed by atoms with Crippen molar-refractivity contribution in [1.29, 1.82) is 0 Å². The van der Waals surface area contributed by atoms with Crippen LogP contribution in [0.2, 0.25) is 0 Å². The Morgan fingerprint density at radius 2 is 0.660 bits per heavy atom. The van der Waals surface area contributed by atoms with E-state index in [1.54, 1.807) is 0 Å². The highest BCUT2D eigenvalue weighted by atomic mass is 15.2. The van der Waals surface area contributed by atoms with Crippen LogP contribution in [0.4, 0.5) is 28.4 Å². The van der Waals surface area contributed by atoms with Gasteiger partial charge in [0.1, 0.15) is 0 Å². The maximum Gasteiger partial charge on any atom is 0.0540 e. The SMILES string of the molecule is C1=C(c2ccc(N3c4ccccc4-c4ccccc4-c4ccccc43)cc2)CCC(N2c3ccccc3-c3ccccc3-c3ccccc32)=C1. The Bertz CT molecular complexity index is 2370. The highest BCUT2D eigenvalue weighted by Crippen LogP contribution is 2.52. The molecule has 7 aromatic carbocycles. The van der Waals surface area contributed by atoms with Crippen molar-refractivity contribution in [3.05, 3.63) is 193 Å². The standard InChI is InChI=1S/C48H34N2/c1-2-14-38-37(13-1)41-17-5-9-21-45(41)49(46-22-10-6-18-42(38)46)35-29-25-33(26-30-35)34-27-31-36(32-28-34)50-47-23-11-7-19-43(47)39-15-3-4-16-40(39)44-20-8-12-24-48(44)50/h1-27,29-31H,28,32H2. The van der Waals surface area contributed by atoms with Gasteiger partial charge in [0.05, 0.1) is 22.7 Å². The van der Waals surface area contributed by atoms with Gasteiger partial charge < -0.3 is 9.80 Å². The monoisotopic (exact) mass is 638 g/mol. The summed E-state index contributed by atoms with van der Waals surface area (Å²) in [6.07, 6.45) is 6.61. The quantitative estimate of drug-likeness (QED) is 0.190. The molecule has 0 N–H and O–H groups in total.